The standard InChI is InChI=1S/C11H17NO2/c13-10-5-3-9(4-6-10)12-11(14)7-8-1-2-8/h8-9H,1-7H2,(H,12,14). The lowest BCUT2D eigenvalue weighted by molar-refractivity contribution is -0.125. The van der Waals surface area contributed by atoms with Gasteiger partial charge in [0.05, 0.1) is 0 Å². The first-order valence-corrected chi connectivity index (χ1v) is 5.55. The summed E-state index contributed by atoms with van der Waals surface area (Å²) in [5.41, 5.74) is 0. The maximum absolute atomic E-state index is 11.4. The molecule has 0 atom stereocenters. The van der Waals surface area contributed by atoms with Gasteiger partial charge in [-0.05, 0) is 31.6 Å². The number of carbonyl (C=O) groups excluding carboxylic acids is 2. The summed E-state index contributed by atoms with van der Waals surface area (Å²) >= 11 is 0. The average molecular weight is 195 g/mol. The lowest BCUT2D eigenvalue weighted by Crippen LogP contribution is -2.37. The molecule has 2 saturated carbocycles. The van der Waals surface area contributed by atoms with Gasteiger partial charge in [0.25, 0.3) is 0 Å². The van der Waals surface area contributed by atoms with Crippen LogP contribution >= 0.6 is 0 Å². The van der Waals surface area contributed by atoms with Gasteiger partial charge in [-0.15, -0.1) is 0 Å². The number of carbonyl (C=O) groups is 2. The van der Waals surface area contributed by atoms with Crippen molar-refractivity contribution in [2.24, 2.45) is 5.92 Å². The molecule has 0 saturated heterocycles. The van der Waals surface area contributed by atoms with Crippen LogP contribution in [0, 0.1) is 5.92 Å². The summed E-state index contributed by atoms with van der Waals surface area (Å²) < 4.78 is 0. The molecule has 1 N–H and O–H groups in total. The van der Waals surface area contributed by atoms with Crippen molar-refractivity contribution in [3.63, 3.8) is 0 Å². The average Bonchev–Trinajstić information content (AvgIpc) is 2.93. The van der Waals surface area contributed by atoms with Gasteiger partial charge in [0.2, 0.25) is 5.91 Å². The molecule has 0 heterocycles. The fourth-order valence-electron chi connectivity index (χ4n) is 1.95. The molecule has 0 aromatic carbocycles. The summed E-state index contributed by atoms with van der Waals surface area (Å²) in [5, 5.41) is 3.02. The highest BCUT2D eigenvalue weighted by Crippen LogP contribution is 2.32. The van der Waals surface area contributed by atoms with Crippen molar-refractivity contribution >= 4 is 11.7 Å². The molecular formula is C11H17NO2. The fraction of sp³-hybridized carbons (Fsp3) is 0.818. The topological polar surface area (TPSA) is 46.2 Å². The SMILES string of the molecule is O=C1CCC(NC(=O)CC2CC2)CC1. The summed E-state index contributed by atoms with van der Waals surface area (Å²) in [6.45, 7) is 0. The Morgan fingerprint density at radius 2 is 1.86 bits per heavy atom. The second kappa shape index (κ2) is 4.11. The van der Waals surface area contributed by atoms with Crippen LogP contribution in [0.5, 0.6) is 0 Å². The quantitative estimate of drug-likeness (QED) is 0.740. The Morgan fingerprint density at radius 3 is 2.43 bits per heavy atom. The van der Waals surface area contributed by atoms with Gasteiger partial charge in [0.15, 0.2) is 0 Å². The molecule has 0 spiro atoms. The number of hydrogen-bond donors (Lipinski definition) is 1. The first kappa shape index (κ1) is 9.69. The van der Waals surface area contributed by atoms with Gasteiger partial charge in [-0.25, -0.2) is 0 Å². The lowest BCUT2D eigenvalue weighted by atomic mass is 9.94. The van der Waals surface area contributed by atoms with Gasteiger partial charge in [-0.3, -0.25) is 9.59 Å². The monoisotopic (exact) mass is 195 g/mol. The molecule has 0 aliphatic heterocycles. The van der Waals surface area contributed by atoms with E-state index in [-0.39, 0.29) is 11.9 Å². The van der Waals surface area contributed by atoms with Crippen molar-refractivity contribution in [2.45, 2.75) is 51.0 Å². The molecule has 0 radical (unpaired) electrons. The van der Waals surface area contributed by atoms with Crippen molar-refractivity contribution in [1.29, 1.82) is 0 Å². The molecule has 2 fully saturated rings. The molecular weight excluding hydrogens is 178 g/mol. The van der Waals surface area contributed by atoms with Gasteiger partial charge in [0, 0.05) is 25.3 Å². The van der Waals surface area contributed by atoms with E-state index in [1.165, 1.54) is 12.8 Å². The van der Waals surface area contributed by atoms with Crippen molar-refractivity contribution in [3.05, 3.63) is 0 Å². The zero-order chi connectivity index (χ0) is 9.97. The zero-order valence-electron chi connectivity index (χ0n) is 8.42. The van der Waals surface area contributed by atoms with E-state index in [1.807, 2.05) is 0 Å². The Morgan fingerprint density at radius 1 is 1.21 bits per heavy atom. The molecule has 3 nitrogen and oxygen atoms in total. The summed E-state index contributed by atoms with van der Waals surface area (Å²) in [5.74, 6) is 1.18. The molecule has 78 valence electrons. The molecule has 2 aliphatic carbocycles. The Hall–Kier alpha value is -0.860. The lowest BCUT2D eigenvalue weighted by Gasteiger charge is -2.22. The largest absolute Gasteiger partial charge is 0.353 e. The van der Waals surface area contributed by atoms with E-state index in [2.05, 4.69) is 5.32 Å². The molecule has 0 bridgehead atoms. The molecule has 0 aromatic heterocycles. The second-order valence-corrected chi connectivity index (χ2v) is 4.53. The molecule has 2 aliphatic rings. The van der Waals surface area contributed by atoms with E-state index in [4.69, 9.17) is 0 Å². The normalized spacial score (nSPS) is 23.6. The maximum Gasteiger partial charge on any atom is 0.220 e. The minimum atomic E-state index is 0.187. The van der Waals surface area contributed by atoms with E-state index in [9.17, 15) is 9.59 Å². The van der Waals surface area contributed by atoms with Crippen LogP contribution < -0.4 is 5.32 Å². The van der Waals surface area contributed by atoms with Gasteiger partial charge in [-0.1, -0.05) is 0 Å². The van der Waals surface area contributed by atoms with Crippen LogP contribution in [0.2, 0.25) is 0 Å². The smallest absolute Gasteiger partial charge is 0.220 e. The molecule has 1 amide bonds. The minimum absolute atomic E-state index is 0.187. The maximum atomic E-state index is 11.4. The number of ketones is 1. The second-order valence-electron chi connectivity index (χ2n) is 4.53. The van der Waals surface area contributed by atoms with Crippen LogP contribution in [-0.2, 0) is 9.59 Å². The number of nitrogens with one attached hydrogen (secondary N) is 1. The van der Waals surface area contributed by atoms with Crippen LogP contribution in [0.25, 0.3) is 0 Å². The van der Waals surface area contributed by atoms with E-state index >= 15 is 0 Å². The fourth-order valence-corrected chi connectivity index (χ4v) is 1.95. The van der Waals surface area contributed by atoms with E-state index in [1.54, 1.807) is 0 Å². The van der Waals surface area contributed by atoms with E-state index < -0.39 is 0 Å². The molecule has 0 unspecified atom stereocenters. The van der Waals surface area contributed by atoms with E-state index in [0.29, 0.717) is 31.0 Å². The van der Waals surface area contributed by atoms with Gasteiger partial charge < -0.3 is 5.32 Å². The van der Waals surface area contributed by atoms with Crippen LogP contribution in [0.4, 0.5) is 0 Å². The van der Waals surface area contributed by atoms with Gasteiger partial charge >= 0.3 is 0 Å². The van der Waals surface area contributed by atoms with Gasteiger partial charge in [0.1, 0.15) is 5.78 Å². The predicted octanol–water partition coefficient (Wildman–Crippen LogP) is 1.41. The first-order valence-electron chi connectivity index (χ1n) is 5.55. The number of hydrogen-bond acceptors (Lipinski definition) is 2. The van der Waals surface area contributed by atoms with Crippen LogP contribution in [0.15, 0.2) is 0 Å². The Bertz CT molecular complexity index is 236. The van der Waals surface area contributed by atoms with Crippen molar-refractivity contribution in [2.75, 3.05) is 0 Å². The summed E-state index contributed by atoms with van der Waals surface area (Å²) in [4.78, 5) is 22.4. The van der Waals surface area contributed by atoms with Crippen LogP contribution in [0.1, 0.15) is 44.9 Å². The van der Waals surface area contributed by atoms with Crippen LogP contribution in [-0.4, -0.2) is 17.7 Å². The zero-order valence-corrected chi connectivity index (χ0v) is 8.42. The van der Waals surface area contributed by atoms with E-state index in [0.717, 1.165) is 12.8 Å². The first-order chi connectivity index (χ1) is 6.74. The number of amides is 1. The highest BCUT2D eigenvalue weighted by Gasteiger charge is 2.26. The summed E-state index contributed by atoms with van der Waals surface area (Å²) in [6.07, 6.45) is 6.12. The van der Waals surface area contributed by atoms with Gasteiger partial charge in [-0.2, -0.15) is 0 Å². The summed E-state index contributed by atoms with van der Waals surface area (Å²) in [7, 11) is 0. The Kier molecular flexibility index (Phi) is 2.85. The van der Waals surface area contributed by atoms with Crippen molar-refractivity contribution < 1.29 is 9.59 Å². The Labute approximate surface area is 84.2 Å². The molecule has 0 aromatic rings. The third-order valence-electron chi connectivity index (χ3n) is 3.08. The predicted molar refractivity (Wildman–Crippen MR) is 52.7 cm³/mol. The number of rotatable bonds is 3. The number of Topliss-reactive ketones (excluding diaryl/α,β-unsaturated/α-hetero) is 1. The highest BCUT2D eigenvalue weighted by molar-refractivity contribution is 5.80. The molecule has 3 heteroatoms. The highest BCUT2D eigenvalue weighted by atomic mass is 16.1. The minimum Gasteiger partial charge on any atom is -0.353 e. The Balaban J connectivity index is 1.68. The van der Waals surface area contributed by atoms with Crippen LogP contribution in [0.3, 0.4) is 0 Å². The summed E-state index contributed by atoms with van der Waals surface area (Å²) in [6, 6.07) is 0.263. The molecule has 14 heavy (non-hydrogen) atoms. The molecule has 2 rings (SSSR count). The van der Waals surface area contributed by atoms with Crippen molar-refractivity contribution in [1.82, 2.24) is 5.32 Å². The third kappa shape index (κ3) is 2.82. The third-order valence-corrected chi connectivity index (χ3v) is 3.08. The van der Waals surface area contributed by atoms with Crippen molar-refractivity contribution in [3.8, 4) is 0 Å².